The minimum Gasteiger partial charge on any atom is -0.347 e. The molecule has 140 valence electrons. The smallest absolute Gasteiger partial charge is 0.272 e. The Hall–Kier alpha value is -2.95. The third-order valence-electron chi connectivity index (χ3n) is 4.88. The molecule has 5 heteroatoms. The van der Waals surface area contributed by atoms with Crippen LogP contribution >= 0.6 is 0 Å². The fraction of sp³-hybridized carbons (Fsp3) is 0.318. The number of nitrogens with one attached hydrogen (secondary N) is 1. The molecule has 1 aliphatic rings. The van der Waals surface area contributed by atoms with E-state index in [9.17, 15) is 9.59 Å². The van der Waals surface area contributed by atoms with Gasteiger partial charge < -0.3 is 10.2 Å². The molecule has 0 unspecified atom stereocenters. The normalized spacial score (nSPS) is 14.6. The number of nitrogens with zero attached hydrogens (tertiary/aromatic N) is 2. The van der Waals surface area contributed by atoms with Gasteiger partial charge in [-0.05, 0) is 42.9 Å². The van der Waals surface area contributed by atoms with Crippen molar-refractivity contribution in [2.45, 2.75) is 19.3 Å². The molecule has 3 rings (SSSR count). The number of aromatic nitrogens is 1. The van der Waals surface area contributed by atoms with E-state index in [2.05, 4.69) is 41.1 Å². The summed E-state index contributed by atoms with van der Waals surface area (Å²) in [7, 11) is 0. The van der Waals surface area contributed by atoms with Gasteiger partial charge in [0.25, 0.3) is 11.8 Å². The average Bonchev–Trinajstić information content (AvgIpc) is 2.73. The lowest BCUT2D eigenvalue weighted by molar-refractivity contribution is 0.0684. The van der Waals surface area contributed by atoms with Crippen LogP contribution in [0.15, 0.2) is 61.2 Å². The lowest BCUT2D eigenvalue weighted by atomic mass is 9.90. The molecule has 1 aromatic carbocycles. The molecule has 0 atom stereocenters. The Kier molecular flexibility index (Phi) is 6.36. The second-order valence-electron chi connectivity index (χ2n) is 6.83. The van der Waals surface area contributed by atoms with Crippen LogP contribution in [0.25, 0.3) is 0 Å². The van der Waals surface area contributed by atoms with Gasteiger partial charge in [0.15, 0.2) is 0 Å². The molecule has 0 radical (unpaired) electrons. The number of hydrogen-bond donors (Lipinski definition) is 1. The molecule has 1 N–H and O–H groups in total. The highest BCUT2D eigenvalue weighted by Crippen LogP contribution is 2.22. The molecule has 2 amide bonds. The molecule has 1 aromatic heterocycles. The van der Waals surface area contributed by atoms with Crippen LogP contribution in [0.4, 0.5) is 0 Å². The molecule has 0 saturated carbocycles. The van der Waals surface area contributed by atoms with E-state index >= 15 is 0 Å². The van der Waals surface area contributed by atoms with Crippen LogP contribution in [0, 0.1) is 5.92 Å². The maximum atomic E-state index is 12.8. The number of carbonyl (C=O) groups excluding carboxylic acids is 2. The number of amides is 2. The van der Waals surface area contributed by atoms with Gasteiger partial charge in [-0.15, -0.1) is 6.58 Å². The van der Waals surface area contributed by atoms with E-state index in [1.165, 1.54) is 5.56 Å². The van der Waals surface area contributed by atoms with Crippen molar-refractivity contribution in [3.8, 4) is 0 Å². The third kappa shape index (κ3) is 5.03. The largest absolute Gasteiger partial charge is 0.347 e. The van der Waals surface area contributed by atoms with Gasteiger partial charge in [-0.3, -0.25) is 9.59 Å². The molecule has 2 aromatic rings. The first-order chi connectivity index (χ1) is 13.2. The second kappa shape index (κ2) is 9.12. The fourth-order valence-corrected chi connectivity index (χ4v) is 3.39. The molecule has 0 bridgehead atoms. The van der Waals surface area contributed by atoms with Gasteiger partial charge in [0.05, 0.1) is 0 Å². The molecule has 1 fully saturated rings. The van der Waals surface area contributed by atoms with E-state index in [0.717, 1.165) is 32.4 Å². The van der Waals surface area contributed by atoms with Crippen LogP contribution < -0.4 is 5.32 Å². The Labute approximate surface area is 160 Å². The van der Waals surface area contributed by atoms with Crippen molar-refractivity contribution in [3.63, 3.8) is 0 Å². The van der Waals surface area contributed by atoms with Crippen LogP contribution in [0.5, 0.6) is 0 Å². The van der Waals surface area contributed by atoms with E-state index in [-0.39, 0.29) is 17.5 Å². The summed E-state index contributed by atoms with van der Waals surface area (Å²) in [4.78, 5) is 30.9. The van der Waals surface area contributed by atoms with Crippen LogP contribution in [0.1, 0.15) is 39.4 Å². The summed E-state index contributed by atoms with van der Waals surface area (Å²) < 4.78 is 0. The summed E-state index contributed by atoms with van der Waals surface area (Å²) in [6.07, 6.45) is 4.63. The lowest BCUT2D eigenvalue weighted by Gasteiger charge is -2.32. The zero-order valence-electron chi connectivity index (χ0n) is 15.4. The summed E-state index contributed by atoms with van der Waals surface area (Å²) in [5.74, 6) is 0.193. The van der Waals surface area contributed by atoms with Crippen LogP contribution in [-0.4, -0.2) is 41.3 Å². The van der Waals surface area contributed by atoms with Gasteiger partial charge in [0, 0.05) is 19.6 Å². The molecular weight excluding hydrogens is 338 g/mol. The number of carbonyl (C=O) groups is 2. The quantitative estimate of drug-likeness (QED) is 0.802. The minimum absolute atomic E-state index is 0.105. The summed E-state index contributed by atoms with van der Waals surface area (Å²) in [5.41, 5.74) is 1.92. The predicted octanol–water partition coefficient (Wildman–Crippen LogP) is 3.09. The molecule has 1 saturated heterocycles. The summed E-state index contributed by atoms with van der Waals surface area (Å²) in [5, 5.41) is 2.68. The molecular formula is C22H25N3O2. The first kappa shape index (κ1) is 18.8. The molecule has 2 heterocycles. The van der Waals surface area contributed by atoms with E-state index in [1.807, 2.05) is 11.0 Å². The van der Waals surface area contributed by atoms with Gasteiger partial charge >= 0.3 is 0 Å². The highest BCUT2D eigenvalue weighted by molar-refractivity contribution is 5.96. The molecule has 5 nitrogen and oxygen atoms in total. The number of hydrogen-bond acceptors (Lipinski definition) is 3. The molecule has 27 heavy (non-hydrogen) atoms. The van der Waals surface area contributed by atoms with Crippen LogP contribution in [0.2, 0.25) is 0 Å². The maximum Gasteiger partial charge on any atom is 0.272 e. The fourth-order valence-electron chi connectivity index (χ4n) is 3.39. The van der Waals surface area contributed by atoms with Gasteiger partial charge in [0.1, 0.15) is 11.4 Å². The number of pyridine rings is 1. The summed E-state index contributed by atoms with van der Waals surface area (Å²) in [6, 6.07) is 15.5. The van der Waals surface area contributed by atoms with E-state index in [0.29, 0.717) is 18.2 Å². The Balaban J connectivity index is 1.57. The molecule has 0 aliphatic carbocycles. The second-order valence-corrected chi connectivity index (χ2v) is 6.83. The molecule has 1 aliphatic heterocycles. The van der Waals surface area contributed by atoms with E-state index in [1.54, 1.807) is 24.3 Å². The van der Waals surface area contributed by atoms with Crippen molar-refractivity contribution in [1.82, 2.24) is 15.2 Å². The van der Waals surface area contributed by atoms with Crippen LogP contribution in [0.3, 0.4) is 0 Å². The van der Waals surface area contributed by atoms with Gasteiger partial charge in [0.2, 0.25) is 0 Å². The predicted molar refractivity (Wildman–Crippen MR) is 106 cm³/mol. The van der Waals surface area contributed by atoms with E-state index < -0.39 is 0 Å². The minimum atomic E-state index is -0.300. The monoisotopic (exact) mass is 363 g/mol. The Morgan fingerprint density at radius 2 is 1.78 bits per heavy atom. The maximum absolute atomic E-state index is 12.8. The van der Waals surface area contributed by atoms with Crippen molar-refractivity contribution in [1.29, 1.82) is 0 Å². The van der Waals surface area contributed by atoms with Crippen LogP contribution in [-0.2, 0) is 6.42 Å². The number of rotatable bonds is 6. The number of benzene rings is 1. The van der Waals surface area contributed by atoms with Crippen molar-refractivity contribution < 1.29 is 9.59 Å². The first-order valence-corrected chi connectivity index (χ1v) is 9.36. The van der Waals surface area contributed by atoms with Crippen molar-refractivity contribution in [3.05, 3.63) is 78.1 Å². The lowest BCUT2D eigenvalue weighted by Crippen LogP contribution is -2.39. The van der Waals surface area contributed by atoms with Gasteiger partial charge in [-0.25, -0.2) is 4.98 Å². The number of piperidine rings is 1. The van der Waals surface area contributed by atoms with E-state index in [4.69, 9.17) is 0 Å². The third-order valence-corrected chi connectivity index (χ3v) is 4.88. The average molecular weight is 363 g/mol. The number of likely N-dealkylation sites (tertiary alicyclic amines) is 1. The van der Waals surface area contributed by atoms with Gasteiger partial charge in [-0.2, -0.15) is 0 Å². The Morgan fingerprint density at radius 1 is 1.07 bits per heavy atom. The topological polar surface area (TPSA) is 62.3 Å². The Morgan fingerprint density at radius 3 is 2.48 bits per heavy atom. The zero-order valence-corrected chi connectivity index (χ0v) is 15.4. The summed E-state index contributed by atoms with van der Waals surface area (Å²) in [6.45, 7) is 5.39. The highest BCUT2D eigenvalue weighted by atomic mass is 16.2. The van der Waals surface area contributed by atoms with Crippen molar-refractivity contribution in [2.75, 3.05) is 19.6 Å². The first-order valence-electron chi connectivity index (χ1n) is 9.36. The van der Waals surface area contributed by atoms with Crippen molar-refractivity contribution in [2.24, 2.45) is 5.92 Å². The zero-order chi connectivity index (χ0) is 19.1. The standard InChI is InChI=1S/C22H25N3O2/c1-2-13-23-21(26)19-9-6-10-20(24-19)22(27)25-14-11-18(12-15-25)16-17-7-4-3-5-8-17/h2-10,18H,1,11-16H2,(H,23,26). The highest BCUT2D eigenvalue weighted by Gasteiger charge is 2.25. The van der Waals surface area contributed by atoms with Crippen molar-refractivity contribution >= 4 is 11.8 Å². The SMILES string of the molecule is C=CCNC(=O)c1cccc(C(=O)N2CCC(Cc3ccccc3)CC2)n1. The summed E-state index contributed by atoms with van der Waals surface area (Å²) >= 11 is 0. The molecule has 0 spiro atoms. The Bertz CT molecular complexity index is 796. The van der Waals surface area contributed by atoms with Gasteiger partial charge in [-0.1, -0.05) is 42.5 Å².